The normalized spacial score (nSPS) is 15.2. The Balaban J connectivity index is 1.87. The molecule has 9 nitrogen and oxygen atoms in total. The van der Waals surface area contributed by atoms with Crippen LogP contribution < -0.4 is 10.2 Å². The van der Waals surface area contributed by atoms with Crippen molar-refractivity contribution in [3.05, 3.63) is 53.8 Å². The van der Waals surface area contributed by atoms with E-state index in [0.29, 0.717) is 32.0 Å². The minimum atomic E-state index is -3.81. The predicted molar refractivity (Wildman–Crippen MR) is 120 cm³/mol. The van der Waals surface area contributed by atoms with E-state index < -0.39 is 33.8 Å². The second-order valence-electron chi connectivity index (χ2n) is 7.58. The Bertz CT molecular complexity index is 1130. The summed E-state index contributed by atoms with van der Waals surface area (Å²) in [5.41, 5.74) is 0.437. The van der Waals surface area contributed by atoms with Gasteiger partial charge in [-0.05, 0) is 37.3 Å². The van der Waals surface area contributed by atoms with Crippen LogP contribution in [-0.2, 0) is 24.3 Å². The molecular formula is C22H26FN3O6S. The topological polar surface area (TPSA) is 105 Å². The largest absolute Gasteiger partial charge is 0.449 e. The molecule has 3 rings (SSSR count). The van der Waals surface area contributed by atoms with Crippen LogP contribution in [0.2, 0.25) is 0 Å². The zero-order chi connectivity index (χ0) is 24.2. The molecule has 1 saturated heterocycles. The molecule has 1 heterocycles. The number of esters is 1. The number of hydrogen-bond donors (Lipinski definition) is 1. The molecular weight excluding hydrogens is 453 g/mol. The van der Waals surface area contributed by atoms with Gasteiger partial charge in [-0.2, -0.15) is 0 Å². The summed E-state index contributed by atoms with van der Waals surface area (Å²) in [6.45, 7) is 3.26. The van der Waals surface area contributed by atoms with Crippen LogP contribution in [0.5, 0.6) is 0 Å². The number of nitrogens with one attached hydrogen (secondary N) is 1. The van der Waals surface area contributed by atoms with Crippen LogP contribution in [0.3, 0.4) is 0 Å². The quantitative estimate of drug-likeness (QED) is 0.607. The average Bonchev–Trinajstić information content (AvgIpc) is 2.80. The van der Waals surface area contributed by atoms with Crippen LogP contribution in [0.1, 0.15) is 17.3 Å². The molecule has 0 unspecified atom stereocenters. The Morgan fingerprint density at radius 3 is 2.45 bits per heavy atom. The summed E-state index contributed by atoms with van der Waals surface area (Å²) in [5, 5.41) is 2.37. The van der Waals surface area contributed by atoms with E-state index >= 15 is 0 Å². The Morgan fingerprint density at radius 1 is 1.15 bits per heavy atom. The SMILES string of the molecule is C[C@@H](OC(=O)c1cc(S(=O)(=O)N(C)C)ccc1N1CCOCC1)C(=O)Nc1ccccc1F. The van der Waals surface area contributed by atoms with Crippen molar-refractivity contribution in [1.29, 1.82) is 0 Å². The van der Waals surface area contributed by atoms with E-state index in [0.717, 1.165) is 4.31 Å². The number of anilines is 2. The summed E-state index contributed by atoms with van der Waals surface area (Å²) in [6.07, 6.45) is -1.26. The highest BCUT2D eigenvalue weighted by Gasteiger charge is 2.27. The standard InChI is InChI=1S/C22H26FN3O6S/c1-15(21(27)24-19-7-5-4-6-18(19)23)32-22(28)17-14-16(33(29,30)25(2)3)8-9-20(17)26-10-12-31-13-11-26/h4-9,14-15H,10-13H2,1-3H3,(H,24,27)/t15-/m1/s1. The average molecular weight is 480 g/mol. The molecule has 33 heavy (non-hydrogen) atoms. The van der Waals surface area contributed by atoms with Crippen LogP contribution in [0.15, 0.2) is 47.4 Å². The number of sulfonamides is 1. The zero-order valence-corrected chi connectivity index (χ0v) is 19.4. The van der Waals surface area contributed by atoms with Crippen LogP contribution in [0.4, 0.5) is 15.8 Å². The highest BCUT2D eigenvalue weighted by Crippen LogP contribution is 2.27. The maximum Gasteiger partial charge on any atom is 0.341 e. The van der Waals surface area contributed by atoms with Crippen molar-refractivity contribution in [2.75, 3.05) is 50.6 Å². The Hall–Kier alpha value is -3.02. The van der Waals surface area contributed by atoms with Crippen LogP contribution >= 0.6 is 0 Å². The third-order valence-corrected chi connectivity index (χ3v) is 6.91. The highest BCUT2D eigenvalue weighted by atomic mass is 32.2. The van der Waals surface area contributed by atoms with Gasteiger partial charge in [-0.3, -0.25) is 4.79 Å². The lowest BCUT2D eigenvalue weighted by molar-refractivity contribution is -0.123. The van der Waals surface area contributed by atoms with Crippen molar-refractivity contribution in [2.24, 2.45) is 0 Å². The van der Waals surface area contributed by atoms with Crippen molar-refractivity contribution < 1.29 is 31.9 Å². The minimum absolute atomic E-state index is 0.00497. The summed E-state index contributed by atoms with van der Waals surface area (Å²) in [6, 6.07) is 9.82. The maximum atomic E-state index is 13.8. The van der Waals surface area contributed by atoms with Gasteiger partial charge in [0.1, 0.15) is 5.82 Å². The third-order valence-electron chi connectivity index (χ3n) is 5.10. The summed E-state index contributed by atoms with van der Waals surface area (Å²) in [5.74, 6) is -2.22. The first kappa shape index (κ1) is 24.6. The van der Waals surface area contributed by atoms with Gasteiger partial charge in [0, 0.05) is 27.2 Å². The lowest BCUT2D eigenvalue weighted by Crippen LogP contribution is -2.37. The zero-order valence-electron chi connectivity index (χ0n) is 18.6. The molecule has 1 amide bonds. The number of nitrogens with zero attached hydrogens (tertiary/aromatic N) is 2. The van der Waals surface area contributed by atoms with Crippen molar-refractivity contribution in [3.8, 4) is 0 Å². The summed E-state index contributed by atoms with van der Waals surface area (Å²) in [4.78, 5) is 27.3. The van der Waals surface area contributed by atoms with Gasteiger partial charge in [-0.25, -0.2) is 21.9 Å². The molecule has 0 spiro atoms. The molecule has 11 heteroatoms. The van der Waals surface area contributed by atoms with E-state index in [4.69, 9.17) is 9.47 Å². The van der Waals surface area contributed by atoms with E-state index in [1.54, 1.807) is 12.1 Å². The van der Waals surface area contributed by atoms with Crippen molar-refractivity contribution in [3.63, 3.8) is 0 Å². The van der Waals surface area contributed by atoms with Crippen molar-refractivity contribution in [1.82, 2.24) is 4.31 Å². The van der Waals surface area contributed by atoms with Gasteiger partial charge in [0.15, 0.2) is 6.10 Å². The van der Waals surface area contributed by atoms with Crippen LogP contribution in [0, 0.1) is 5.82 Å². The minimum Gasteiger partial charge on any atom is -0.449 e. The summed E-state index contributed by atoms with van der Waals surface area (Å²) >= 11 is 0. The fraction of sp³-hybridized carbons (Fsp3) is 0.364. The Labute approximate surface area is 192 Å². The fourth-order valence-corrected chi connectivity index (χ4v) is 4.13. The molecule has 178 valence electrons. The number of carbonyl (C=O) groups excluding carboxylic acids is 2. The first-order valence-corrected chi connectivity index (χ1v) is 11.7. The van der Waals surface area contributed by atoms with Gasteiger partial charge < -0.3 is 19.7 Å². The molecule has 1 aliphatic rings. The van der Waals surface area contributed by atoms with E-state index in [1.165, 1.54) is 51.4 Å². The highest BCUT2D eigenvalue weighted by molar-refractivity contribution is 7.89. The van der Waals surface area contributed by atoms with Crippen molar-refractivity contribution >= 4 is 33.3 Å². The second kappa shape index (κ2) is 10.3. The number of benzene rings is 2. The molecule has 0 aromatic heterocycles. The molecule has 0 bridgehead atoms. The molecule has 0 saturated carbocycles. The van der Waals surface area contributed by atoms with Gasteiger partial charge in [0.05, 0.1) is 35.0 Å². The lowest BCUT2D eigenvalue weighted by Gasteiger charge is -2.30. The fourth-order valence-electron chi connectivity index (χ4n) is 3.20. The molecule has 0 radical (unpaired) electrons. The van der Waals surface area contributed by atoms with E-state index in [2.05, 4.69) is 5.32 Å². The maximum absolute atomic E-state index is 13.8. The number of hydrogen-bond acceptors (Lipinski definition) is 7. The van der Waals surface area contributed by atoms with Crippen molar-refractivity contribution in [2.45, 2.75) is 17.9 Å². The molecule has 1 atom stereocenters. The van der Waals surface area contributed by atoms with Gasteiger partial charge in [0.25, 0.3) is 5.91 Å². The lowest BCUT2D eigenvalue weighted by atomic mass is 10.1. The van der Waals surface area contributed by atoms with E-state index in [9.17, 15) is 22.4 Å². The Kier molecular flexibility index (Phi) is 7.67. The first-order valence-electron chi connectivity index (χ1n) is 10.3. The van der Waals surface area contributed by atoms with E-state index in [-0.39, 0.29) is 16.1 Å². The van der Waals surface area contributed by atoms with Gasteiger partial charge in [0.2, 0.25) is 10.0 Å². The van der Waals surface area contributed by atoms with Crippen LogP contribution in [0.25, 0.3) is 0 Å². The number of morpholine rings is 1. The number of para-hydroxylation sites is 1. The molecule has 2 aromatic rings. The predicted octanol–water partition coefficient (Wildman–Crippen LogP) is 2.10. The van der Waals surface area contributed by atoms with Gasteiger partial charge in [-0.1, -0.05) is 12.1 Å². The molecule has 1 fully saturated rings. The second-order valence-corrected chi connectivity index (χ2v) is 9.73. The molecule has 0 aliphatic carbocycles. The number of amides is 1. The summed E-state index contributed by atoms with van der Waals surface area (Å²) in [7, 11) is -1.03. The summed E-state index contributed by atoms with van der Waals surface area (Å²) < 4.78 is 50.7. The number of ether oxygens (including phenoxy) is 2. The first-order chi connectivity index (χ1) is 15.6. The van der Waals surface area contributed by atoms with Crippen LogP contribution in [-0.4, -0.2) is 71.1 Å². The number of rotatable bonds is 7. The monoisotopic (exact) mass is 479 g/mol. The van der Waals surface area contributed by atoms with E-state index in [1.807, 2.05) is 4.90 Å². The molecule has 1 N–H and O–H groups in total. The molecule has 2 aromatic carbocycles. The van der Waals surface area contributed by atoms with Gasteiger partial charge in [-0.15, -0.1) is 0 Å². The number of halogens is 1. The smallest absolute Gasteiger partial charge is 0.341 e. The third kappa shape index (κ3) is 5.67. The van der Waals surface area contributed by atoms with Gasteiger partial charge >= 0.3 is 5.97 Å². The molecule has 1 aliphatic heterocycles. The Morgan fingerprint density at radius 2 is 1.82 bits per heavy atom. The number of carbonyl (C=O) groups is 2.